The maximum Gasteiger partial charge on any atom is 0.302 e. The number of ether oxygens (including phenoxy) is 1. The number of nitrogens with zero attached hydrogens (tertiary/aromatic N) is 3. The zero-order valence-corrected chi connectivity index (χ0v) is 16.2. The zero-order valence-electron chi connectivity index (χ0n) is 16.2. The highest BCUT2D eigenvalue weighted by atomic mass is 16.5. The smallest absolute Gasteiger partial charge is 0.302 e. The Kier molecular flexibility index (Phi) is 6.62. The Balaban J connectivity index is 1.55. The number of esters is 1. The van der Waals surface area contributed by atoms with E-state index in [0.29, 0.717) is 31.8 Å². The molecular formula is C22H25N3O3. The van der Waals surface area contributed by atoms with E-state index in [-0.39, 0.29) is 11.9 Å². The number of carbonyl (C=O) groups is 2. The minimum atomic E-state index is -0.242. The van der Waals surface area contributed by atoms with Gasteiger partial charge in [-0.25, -0.2) is 6.57 Å². The van der Waals surface area contributed by atoms with Crippen molar-refractivity contribution >= 4 is 22.6 Å². The number of piperazine rings is 1. The molecule has 6 heteroatoms. The van der Waals surface area contributed by atoms with Crippen LogP contribution in [0.4, 0.5) is 0 Å². The van der Waals surface area contributed by atoms with Crippen LogP contribution in [0.25, 0.3) is 15.6 Å². The van der Waals surface area contributed by atoms with E-state index in [1.807, 2.05) is 41.3 Å². The molecule has 0 aromatic heterocycles. The normalized spacial score (nSPS) is 14.6. The number of benzene rings is 2. The lowest BCUT2D eigenvalue weighted by Gasteiger charge is -2.34. The van der Waals surface area contributed by atoms with Crippen molar-refractivity contribution in [1.29, 1.82) is 0 Å². The molecule has 146 valence electrons. The fourth-order valence-electron chi connectivity index (χ4n) is 3.48. The molecule has 0 atom stereocenters. The van der Waals surface area contributed by atoms with E-state index in [4.69, 9.17) is 11.3 Å². The second-order valence-electron chi connectivity index (χ2n) is 7.04. The highest BCUT2D eigenvalue weighted by Crippen LogP contribution is 2.20. The Morgan fingerprint density at radius 2 is 1.79 bits per heavy atom. The summed E-state index contributed by atoms with van der Waals surface area (Å²) in [6.07, 6.45) is 0.813. The highest BCUT2D eigenvalue weighted by molar-refractivity contribution is 5.98. The van der Waals surface area contributed by atoms with E-state index in [2.05, 4.69) is 9.74 Å². The third kappa shape index (κ3) is 5.08. The molecular weight excluding hydrogens is 354 g/mol. The van der Waals surface area contributed by atoms with Gasteiger partial charge in [0.25, 0.3) is 5.91 Å². The molecule has 0 N–H and O–H groups in total. The van der Waals surface area contributed by atoms with E-state index in [1.165, 1.54) is 6.92 Å². The fourth-order valence-corrected chi connectivity index (χ4v) is 3.48. The molecule has 6 nitrogen and oxygen atoms in total. The van der Waals surface area contributed by atoms with Crippen LogP contribution in [0.3, 0.4) is 0 Å². The summed E-state index contributed by atoms with van der Waals surface area (Å²) >= 11 is 0. The molecule has 28 heavy (non-hydrogen) atoms. The molecule has 0 unspecified atom stereocenters. The second kappa shape index (κ2) is 9.34. The van der Waals surface area contributed by atoms with Crippen LogP contribution >= 0.6 is 0 Å². The van der Waals surface area contributed by atoms with E-state index in [0.717, 1.165) is 42.4 Å². The van der Waals surface area contributed by atoms with Gasteiger partial charge in [0, 0.05) is 50.8 Å². The van der Waals surface area contributed by atoms with Gasteiger partial charge in [-0.3, -0.25) is 14.5 Å². The summed E-state index contributed by atoms with van der Waals surface area (Å²) in [5.41, 5.74) is 1.69. The Morgan fingerprint density at radius 3 is 2.50 bits per heavy atom. The lowest BCUT2D eigenvalue weighted by Crippen LogP contribution is -2.49. The van der Waals surface area contributed by atoms with Gasteiger partial charge in [-0.15, -0.1) is 0 Å². The van der Waals surface area contributed by atoms with Gasteiger partial charge in [-0.05, 0) is 35.4 Å². The molecule has 0 spiro atoms. The van der Waals surface area contributed by atoms with Crippen molar-refractivity contribution in [1.82, 2.24) is 9.80 Å². The van der Waals surface area contributed by atoms with Crippen molar-refractivity contribution < 1.29 is 14.3 Å². The quantitative estimate of drug-likeness (QED) is 0.440. The molecule has 2 aromatic rings. The monoisotopic (exact) mass is 379 g/mol. The van der Waals surface area contributed by atoms with Gasteiger partial charge in [-0.1, -0.05) is 18.2 Å². The predicted molar refractivity (Wildman–Crippen MR) is 108 cm³/mol. The van der Waals surface area contributed by atoms with Crippen molar-refractivity contribution in [3.63, 3.8) is 0 Å². The minimum Gasteiger partial charge on any atom is -0.466 e. The first-order valence-electron chi connectivity index (χ1n) is 9.58. The molecule has 0 radical (unpaired) electrons. The Morgan fingerprint density at radius 1 is 1.07 bits per heavy atom. The fraction of sp³-hybridized carbons (Fsp3) is 0.409. The summed E-state index contributed by atoms with van der Waals surface area (Å²) in [7, 11) is 0. The average molecular weight is 379 g/mol. The van der Waals surface area contributed by atoms with Crippen LogP contribution in [0.15, 0.2) is 36.4 Å². The van der Waals surface area contributed by atoms with Gasteiger partial charge in [0.05, 0.1) is 6.61 Å². The van der Waals surface area contributed by atoms with Crippen LogP contribution in [0.1, 0.15) is 29.3 Å². The lowest BCUT2D eigenvalue weighted by molar-refractivity contribution is -0.141. The molecule has 1 heterocycles. The number of hydrogen-bond donors (Lipinski definition) is 0. The number of rotatable bonds is 6. The van der Waals surface area contributed by atoms with E-state index in [9.17, 15) is 9.59 Å². The summed E-state index contributed by atoms with van der Waals surface area (Å²) < 4.78 is 4.96. The third-order valence-electron chi connectivity index (χ3n) is 5.00. The van der Waals surface area contributed by atoms with Crippen LogP contribution in [0, 0.1) is 6.57 Å². The van der Waals surface area contributed by atoms with Crippen LogP contribution in [-0.2, 0) is 16.1 Å². The lowest BCUT2D eigenvalue weighted by atomic mass is 10.0. The first-order valence-corrected chi connectivity index (χ1v) is 9.58. The zero-order chi connectivity index (χ0) is 19.9. The summed E-state index contributed by atoms with van der Waals surface area (Å²) in [6.45, 7) is 13.2. The third-order valence-corrected chi connectivity index (χ3v) is 5.00. The van der Waals surface area contributed by atoms with E-state index >= 15 is 0 Å². The van der Waals surface area contributed by atoms with Gasteiger partial charge in [-0.2, -0.15) is 0 Å². The van der Waals surface area contributed by atoms with Crippen LogP contribution in [0.5, 0.6) is 0 Å². The van der Waals surface area contributed by atoms with E-state index in [1.54, 1.807) is 0 Å². The number of fused-ring (bicyclic) bond motifs is 1. The maximum absolute atomic E-state index is 12.9. The van der Waals surface area contributed by atoms with Gasteiger partial charge in [0.15, 0.2) is 0 Å². The largest absolute Gasteiger partial charge is 0.466 e. The molecule has 1 aliphatic heterocycles. The first-order chi connectivity index (χ1) is 13.6. The Bertz CT molecular complexity index is 896. The first kappa shape index (κ1) is 19.8. The molecule has 1 amide bonds. The van der Waals surface area contributed by atoms with Crippen molar-refractivity contribution in [3.05, 3.63) is 58.9 Å². The molecule has 0 saturated carbocycles. The van der Waals surface area contributed by atoms with Crippen molar-refractivity contribution in [2.75, 3.05) is 39.3 Å². The number of carbonyl (C=O) groups excluding carboxylic acids is 2. The van der Waals surface area contributed by atoms with Crippen LogP contribution in [-0.4, -0.2) is 61.0 Å². The van der Waals surface area contributed by atoms with Crippen molar-refractivity contribution in [3.8, 4) is 0 Å². The van der Waals surface area contributed by atoms with Gasteiger partial charge in [0.1, 0.15) is 0 Å². The average Bonchev–Trinajstić information content (AvgIpc) is 2.71. The molecule has 1 fully saturated rings. The number of hydrogen-bond acceptors (Lipinski definition) is 4. The topological polar surface area (TPSA) is 54.2 Å². The summed E-state index contributed by atoms with van der Waals surface area (Å²) in [5.74, 6) is -0.180. The summed E-state index contributed by atoms with van der Waals surface area (Å²) in [6, 6.07) is 11.7. The highest BCUT2D eigenvalue weighted by Gasteiger charge is 2.22. The number of amides is 1. The van der Waals surface area contributed by atoms with Crippen LogP contribution in [0.2, 0.25) is 0 Å². The van der Waals surface area contributed by atoms with Gasteiger partial charge >= 0.3 is 5.97 Å². The molecule has 1 saturated heterocycles. The summed E-state index contributed by atoms with van der Waals surface area (Å²) in [4.78, 5) is 31.3. The standard InChI is InChI=1S/C22H25N3O3/c1-17(26)28-13-3-8-24-9-11-25(12-10-24)22(27)21-7-6-19-14-18(16-23-2)4-5-20(19)15-21/h4-7,14-15H,3,8-13,16H2,1H3. The van der Waals surface area contributed by atoms with E-state index < -0.39 is 0 Å². The predicted octanol–water partition coefficient (Wildman–Crippen LogP) is 2.97. The SMILES string of the molecule is [C-]#[N+]Cc1ccc2cc(C(=O)N3CCN(CCCOC(C)=O)CC3)ccc2c1. The van der Waals surface area contributed by atoms with Gasteiger partial charge < -0.3 is 14.5 Å². The molecule has 2 aromatic carbocycles. The summed E-state index contributed by atoms with van der Waals surface area (Å²) in [5, 5.41) is 2.07. The Labute approximate surface area is 165 Å². The van der Waals surface area contributed by atoms with Gasteiger partial charge in [0.2, 0.25) is 6.54 Å². The Hall–Kier alpha value is -2.91. The molecule has 1 aliphatic rings. The van der Waals surface area contributed by atoms with Crippen molar-refractivity contribution in [2.24, 2.45) is 0 Å². The molecule has 0 aliphatic carbocycles. The van der Waals surface area contributed by atoms with Crippen LogP contribution < -0.4 is 0 Å². The second-order valence-corrected chi connectivity index (χ2v) is 7.04. The molecule has 3 rings (SSSR count). The molecule has 0 bridgehead atoms. The maximum atomic E-state index is 12.9. The minimum absolute atomic E-state index is 0.0618. The van der Waals surface area contributed by atoms with Crippen molar-refractivity contribution in [2.45, 2.75) is 19.9 Å².